The maximum atomic E-state index is 14.4. The Labute approximate surface area is 467 Å². The number of carbonyl (C=O) groups excluding carboxylic acids is 8. The van der Waals surface area contributed by atoms with Crippen LogP contribution in [0.3, 0.4) is 0 Å². The normalized spacial score (nSPS) is 20.5. The molecular formula is C61H86N10O8. The minimum absolute atomic E-state index is 0.118. The third-order valence-electron chi connectivity index (χ3n) is 16.6. The molecule has 7 rings (SSSR count). The minimum Gasteiger partial charge on any atom is -0.352 e. The molecule has 2 aliphatic carbocycles. The summed E-state index contributed by atoms with van der Waals surface area (Å²) in [7, 11) is 5.27. The first kappa shape index (κ1) is 60.0. The second-order valence-electron chi connectivity index (χ2n) is 22.2. The average Bonchev–Trinajstić information content (AvgIpc) is 3.54. The molecule has 8 amide bonds. The highest BCUT2D eigenvalue weighted by Crippen LogP contribution is 2.32. The monoisotopic (exact) mass is 1090 g/mol. The van der Waals surface area contributed by atoms with Crippen molar-refractivity contribution in [3.8, 4) is 0 Å². The van der Waals surface area contributed by atoms with Crippen LogP contribution in [0.5, 0.6) is 0 Å². The SMILES string of the molecule is CN[C@@H](C)C(=O)N[C@@H](CCCCNC(=O)c1cccc(C(=O)NCCCC[C@H](NC(=O)[C@H](C)N(C)C)C(=O)N2CCCC[C@H]2C(=O)N[C@@H]2CCCc3ccccc32)c1)C(=O)N1CCCC[C@H]1C(=O)N[C@@H]1CCCc2ccccc21. The Morgan fingerprint density at radius 1 is 0.557 bits per heavy atom. The van der Waals surface area contributed by atoms with Crippen LogP contribution < -0.4 is 37.2 Å². The van der Waals surface area contributed by atoms with Crippen LogP contribution in [0.25, 0.3) is 0 Å². The maximum Gasteiger partial charge on any atom is 0.251 e. The highest BCUT2D eigenvalue weighted by molar-refractivity contribution is 6.00. The molecule has 0 radical (unpaired) electrons. The van der Waals surface area contributed by atoms with Gasteiger partial charge in [-0.1, -0.05) is 54.6 Å². The van der Waals surface area contributed by atoms with E-state index in [1.54, 1.807) is 67.9 Å². The molecule has 3 aromatic carbocycles. The second-order valence-corrected chi connectivity index (χ2v) is 22.2. The van der Waals surface area contributed by atoms with Gasteiger partial charge in [-0.2, -0.15) is 0 Å². The van der Waals surface area contributed by atoms with Gasteiger partial charge >= 0.3 is 0 Å². The average molecular weight is 1090 g/mol. The Morgan fingerprint density at radius 2 is 1.01 bits per heavy atom. The molecule has 0 unspecified atom stereocenters. The molecule has 2 fully saturated rings. The Kier molecular flexibility index (Phi) is 22.4. The summed E-state index contributed by atoms with van der Waals surface area (Å²) >= 11 is 0. The van der Waals surface area contributed by atoms with Gasteiger partial charge in [-0.15, -0.1) is 0 Å². The Hall–Kier alpha value is -6.66. The number of unbranched alkanes of at least 4 members (excludes halogenated alkanes) is 2. The molecule has 0 aromatic heterocycles. The lowest BCUT2D eigenvalue weighted by Crippen LogP contribution is -2.58. The van der Waals surface area contributed by atoms with Gasteiger partial charge in [0.1, 0.15) is 24.2 Å². The number of carbonyl (C=O) groups is 8. The molecule has 8 atom stereocenters. The molecule has 0 bridgehead atoms. The molecule has 3 aromatic rings. The molecule has 2 heterocycles. The van der Waals surface area contributed by atoms with Crippen molar-refractivity contribution < 1.29 is 38.4 Å². The first-order valence-electron chi connectivity index (χ1n) is 29.1. The highest BCUT2D eigenvalue weighted by atomic mass is 16.2. The number of likely N-dealkylation sites (tertiary alicyclic amines) is 2. The molecule has 18 heteroatoms. The first-order chi connectivity index (χ1) is 38.1. The Balaban J connectivity index is 0.882. The van der Waals surface area contributed by atoms with Gasteiger partial charge < -0.3 is 47.0 Å². The van der Waals surface area contributed by atoms with Gasteiger partial charge in [0.15, 0.2) is 0 Å². The van der Waals surface area contributed by atoms with Gasteiger partial charge in [-0.25, -0.2) is 0 Å². The topological polar surface area (TPSA) is 230 Å². The zero-order valence-electron chi connectivity index (χ0n) is 47.2. The summed E-state index contributed by atoms with van der Waals surface area (Å²) in [5, 5.41) is 21.2. The van der Waals surface area contributed by atoms with Crippen molar-refractivity contribution >= 4 is 47.3 Å². The van der Waals surface area contributed by atoms with Crippen molar-refractivity contribution in [1.82, 2.24) is 51.9 Å². The number of aryl methyl sites for hydroxylation is 2. The van der Waals surface area contributed by atoms with Gasteiger partial charge in [0, 0.05) is 37.3 Å². The molecule has 2 aliphatic heterocycles. The molecule has 428 valence electrons. The van der Waals surface area contributed by atoms with Gasteiger partial charge in [0.25, 0.3) is 11.8 Å². The van der Waals surface area contributed by atoms with Crippen LogP contribution in [-0.4, -0.2) is 146 Å². The second kappa shape index (κ2) is 29.5. The predicted molar refractivity (Wildman–Crippen MR) is 304 cm³/mol. The highest BCUT2D eigenvalue weighted by Gasteiger charge is 2.39. The molecule has 7 N–H and O–H groups in total. The number of nitrogens with zero attached hydrogens (tertiary/aromatic N) is 3. The number of amides is 8. The summed E-state index contributed by atoms with van der Waals surface area (Å²) in [5.74, 6) is -2.26. The smallest absolute Gasteiger partial charge is 0.251 e. The standard InChI is InChI=1S/C61H86N10O8/c1-40(62-3)54(72)67-50(60(78)70-37-16-12-33-52(70)58(76)65-48-31-19-23-42-21-6-8-27-46(42)48)29-10-14-35-63-56(74)44-25-18-26-45(39-44)57(75)64-36-15-11-30-51(68-55(73)41(2)69(4)5)61(79)71-38-17-13-34-53(71)59(77)66-49-32-20-24-43-22-7-9-28-47(43)49/h6-9,18,21-22,25-28,39-41,48-53,62H,10-17,19-20,23-24,29-38H2,1-5H3,(H,63,74)(H,64,75)(H,65,76)(H,66,77)(H,67,72)(H,68,73)/t40-,41-,48+,49+,50-,51-,52-,53-/m0/s1. The van der Waals surface area contributed by atoms with E-state index < -0.39 is 36.3 Å². The fourth-order valence-electron chi connectivity index (χ4n) is 11.5. The number of rotatable bonds is 24. The van der Waals surface area contributed by atoms with Crippen LogP contribution in [0.2, 0.25) is 0 Å². The molecule has 0 spiro atoms. The third kappa shape index (κ3) is 16.2. The fourth-order valence-corrected chi connectivity index (χ4v) is 11.5. The summed E-state index contributed by atoms with van der Waals surface area (Å²) < 4.78 is 0. The third-order valence-corrected chi connectivity index (χ3v) is 16.6. The van der Waals surface area contributed by atoms with E-state index >= 15 is 0 Å². The van der Waals surface area contributed by atoms with Crippen molar-refractivity contribution in [1.29, 1.82) is 0 Å². The van der Waals surface area contributed by atoms with Crippen LogP contribution in [0.4, 0.5) is 0 Å². The maximum absolute atomic E-state index is 14.4. The lowest BCUT2D eigenvalue weighted by Gasteiger charge is -2.38. The summed E-state index contributed by atoms with van der Waals surface area (Å²) in [6.07, 6.45) is 12.4. The molecule has 79 heavy (non-hydrogen) atoms. The van der Waals surface area contributed by atoms with Gasteiger partial charge in [-0.3, -0.25) is 43.3 Å². The summed E-state index contributed by atoms with van der Waals surface area (Å²) in [4.78, 5) is 115. The van der Waals surface area contributed by atoms with E-state index in [0.717, 1.165) is 75.3 Å². The number of nitrogens with one attached hydrogen (secondary N) is 7. The predicted octanol–water partition coefficient (Wildman–Crippen LogP) is 5.16. The molecule has 0 saturated carbocycles. The number of fused-ring (bicyclic) bond motifs is 2. The lowest BCUT2D eigenvalue weighted by atomic mass is 9.87. The van der Waals surface area contributed by atoms with Gasteiger partial charge in [0.05, 0.1) is 24.2 Å². The number of piperidine rings is 2. The number of hydrogen-bond acceptors (Lipinski definition) is 10. The zero-order valence-corrected chi connectivity index (χ0v) is 47.2. The fraction of sp³-hybridized carbons (Fsp3) is 0.574. The van der Waals surface area contributed by atoms with Crippen LogP contribution in [0.1, 0.15) is 172 Å². The van der Waals surface area contributed by atoms with Crippen molar-refractivity contribution in [3.63, 3.8) is 0 Å². The van der Waals surface area contributed by atoms with Crippen molar-refractivity contribution in [2.45, 2.75) is 178 Å². The van der Waals surface area contributed by atoms with Crippen molar-refractivity contribution in [2.75, 3.05) is 47.3 Å². The molecular weight excluding hydrogens is 1000 g/mol. The number of hydrogen-bond donors (Lipinski definition) is 7. The van der Waals surface area contributed by atoms with E-state index in [1.165, 1.54) is 17.2 Å². The van der Waals surface area contributed by atoms with E-state index in [-0.39, 0.29) is 72.4 Å². The quantitative estimate of drug-likeness (QED) is 0.0583. The first-order valence-corrected chi connectivity index (χ1v) is 29.1. The largest absolute Gasteiger partial charge is 0.352 e. The van der Waals surface area contributed by atoms with Crippen LogP contribution in [0.15, 0.2) is 72.8 Å². The minimum atomic E-state index is -0.864. The summed E-state index contributed by atoms with van der Waals surface area (Å²) in [5.41, 5.74) is 5.33. The Morgan fingerprint density at radius 3 is 1.47 bits per heavy atom. The number of benzene rings is 3. The van der Waals surface area contributed by atoms with Crippen molar-refractivity contribution in [3.05, 3.63) is 106 Å². The van der Waals surface area contributed by atoms with Crippen LogP contribution in [0, 0.1) is 0 Å². The van der Waals surface area contributed by atoms with E-state index in [4.69, 9.17) is 0 Å². The van der Waals surface area contributed by atoms with Crippen LogP contribution >= 0.6 is 0 Å². The van der Waals surface area contributed by atoms with Gasteiger partial charge in [-0.05, 0) is 191 Å². The Bertz CT molecular complexity index is 2610. The van der Waals surface area contributed by atoms with E-state index in [0.29, 0.717) is 75.6 Å². The zero-order chi connectivity index (χ0) is 56.4. The lowest BCUT2D eigenvalue weighted by molar-refractivity contribution is -0.145. The van der Waals surface area contributed by atoms with E-state index in [9.17, 15) is 38.4 Å². The molecule has 18 nitrogen and oxygen atoms in total. The summed E-state index contributed by atoms with van der Waals surface area (Å²) in [6, 6.07) is 18.5. The van der Waals surface area contributed by atoms with Gasteiger partial charge in [0.2, 0.25) is 35.4 Å². The molecule has 2 saturated heterocycles. The molecule has 4 aliphatic rings. The van der Waals surface area contributed by atoms with Crippen LogP contribution in [-0.2, 0) is 41.6 Å². The number of likely N-dealkylation sites (N-methyl/N-ethyl adjacent to an activating group) is 2. The van der Waals surface area contributed by atoms with E-state index in [2.05, 4.69) is 61.5 Å². The summed E-state index contributed by atoms with van der Waals surface area (Å²) in [6.45, 7) is 4.90. The van der Waals surface area contributed by atoms with Crippen molar-refractivity contribution in [2.24, 2.45) is 0 Å². The van der Waals surface area contributed by atoms with E-state index in [1.807, 2.05) is 24.3 Å².